The van der Waals surface area contributed by atoms with Crippen molar-refractivity contribution in [1.29, 1.82) is 0 Å². The van der Waals surface area contributed by atoms with E-state index in [1.165, 1.54) is 25.8 Å². The van der Waals surface area contributed by atoms with Crippen molar-refractivity contribution in [3.8, 4) is 0 Å². The molecule has 0 atom stereocenters. The van der Waals surface area contributed by atoms with Crippen LogP contribution in [-0.2, 0) is 10.2 Å². The molecule has 38 heavy (non-hydrogen) atoms. The van der Waals surface area contributed by atoms with Gasteiger partial charge >= 0.3 is 0 Å². The number of rotatable bonds is 8. The van der Waals surface area contributed by atoms with Crippen molar-refractivity contribution in [3.63, 3.8) is 0 Å². The minimum Gasteiger partial charge on any atom is -0.393 e. The number of piperazine rings is 1. The molecule has 1 aromatic heterocycles. The molecule has 0 spiro atoms. The summed E-state index contributed by atoms with van der Waals surface area (Å²) in [4.78, 5) is 27.4. The number of nitrogens with one attached hydrogen (secondary N) is 1. The van der Waals surface area contributed by atoms with Crippen LogP contribution in [0, 0.1) is 11.8 Å². The van der Waals surface area contributed by atoms with E-state index >= 15 is 0 Å². The number of hydrogen-bond donors (Lipinski definition) is 2. The number of anilines is 1. The van der Waals surface area contributed by atoms with Crippen molar-refractivity contribution in [1.82, 2.24) is 20.2 Å². The zero-order chi connectivity index (χ0) is 27.3. The Morgan fingerprint density at radius 3 is 2.21 bits per heavy atom. The van der Waals surface area contributed by atoms with E-state index in [2.05, 4.69) is 55.8 Å². The fraction of sp³-hybridized carbons (Fsp3) is 0.839. The first-order valence-electron chi connectivity index (χ1n) is 15.4. The standard InChI is InChI=1S/C31H53N5O2/c1-22(2)27-21-28(34-30(33-27)31(3,4)5)36-18-16-35(17-19-36)15-14-23-6-10-25(11-7-23)32-29(38)20-24-8-12-26(37)13-9-24/h21-26,37H,6-20H2,1-5H3,(H,32,38). The zero-order valence-corrected chi connectivity index (χ0v) is 24.7. The van der Waals surface area contributed by atoms with Crippen LogP contribution in [0.1, 0.15) is 116 Å². The molecule has 2 aliphatic carbocycles. The molecule has 1 aromatic rings. The van der Waals surface area contributed by atoms with E-state index < -0.39 is 0 Å². The smallest absolute Gasteiger partial charge is 0.220 e. The average molecular weight is 528 g/mol. The largest absolute Gasteiger partial charge is 0.393 e. The number of carbonyl (C=O) groups excluding carboxylic acids is 1. The first kappa shape index (κ1) is 29.3. The Labute approximate surface area is 231 Å². The first-order valence-corrected chi connectivity index (χ1v) is 15.4. The molecule has 3 fully saturated rings. The molecule has 3 aliphatic rings. The minimum absolute atomic E-state index is 0.0524. The van der Waals surface area contributed by atoms with Crippen LogP contribution in [0.5, 0.6) is 0 Å². The molecule has 1 aliphatic heterocycles. The Morgan fingerprint density at radius 1 is 0.974 bits per heavy atom. The highest BCUT2D eigenvalue weighted by molar-refractivity contribution is 5.76. The van der Waals surface area contributed by atoms with Crippen molar-refractivity contribution in [2.24, 2.45) is 11.8 Å². The highest BCUT2D eigenvalue weighted by Gasteiger charge is 2.27. The number of aliphatic hydroxyl groups is 1. The van der Waals surface area contributed by atoms with Gasteiger partial charge in [-0.2, -0.15) is 0 Å². The molecule has 0 bridgehead atoms. The molecule has 0 unspecified atom stereocenters. The Bertz CT molecular complexity index is 890. The number of carbonyl (C=O) groups is 1. The SMILES string of the molecule is CC(C)c1cc(N2CCN(CCC3CCC(NC(=O)CC4CCC(O)CC4)CC3)CC2)nc(C(C)(C)C)n1. The van der Waals surface area contributed by atoms with Crippen LogP contribution in [-0.4, -0.2) is 70.8 Å². The van der Waals surface area contributed by atoms with Gasteiger partial charge in [0, 0.05) is 55.8 Å². The minimum atomic E-state index is -0.147. The van der Waals surface area contributed by atoms with Crippen molar-refractivity contribution in [2.75, 3.05) is 37.6 Å². The summed E-state index contributed by atoms with van der Waals surface area (Å²) in [6.07, 6.45) is 10.2. The summed E-state index contributed by atoms with van der Waals surface area (Å²) in [7, 11) is 0. The van der Waals surface area contributed by atoms with Gasteiger partial charge in [0.25, 0.3) is 0 Å². The summed E-state index contributed by atoms with van der Waals surface area (Å²) in [5, 5.41) is 13.0. The maximum Gasteiger partial charge on any atom is 0.220 e. The Morgan fingerprint density at radius 2 is 1.61 bits per heavy atom. The van der Waals surface area contributed by atoms with Crippen molar-refractivity contribution >= 4 is 11.7 Å². The molecule has 0 radical (unpaired) electrons. The van der Waals surface area contributed by atoms with Crippen LogP contribution in [0.3, 0.4) is 0 Å². The van der Waals surface area contributed by atoms with Gasteiger partial charge in [0.15, 0.2) is 0 Å². The third-order valence-electron chi connectivity index (χ3n) is 9.05. The zero-order valence-electron chi connectivity index (χ0n) is 24.7. The third kappa shape index (κ3) is 8.38. The second-order valence-corrected chi connectivity index (χ2v) is 13.7. The summed E-state index contributed by atoms with van der Waals surface area (Å²) in [6, 6.07) is 2.56. The number of hydrogen-bond acceptors (Lipinski definition) is 6. The first-order chi connectivity index (χ1) is 18.1. The second-order valence-electron chi connectivity index (χ2n) is 13.7. The Kier molecular flexibility index (Phi) is 10.1. The molecule has 7 heteroatoms. The van der Waals surface area contributed by atoms with E-state index in [4.69, 9.17) is 9.97 Å². The maximum atomic E-state index is 12.5. The number of nitrogens with zero attached hydrogens (tertiary/aromatic N) is 4. The van der Waals surface area contributed by atoms with Crippen molar-refractivity contribution in [2.45, 2.75) is 122 Å². The predicted molar refractivity (Wildman–Crippen MR) is 155 cm³/mol. The topological polar surface area (TPSA) is 81.6 Å². The molecule has 2 heterocycles. The highest BCUT2D eigenvalue weighted by Crippen LogP contribution is 2.30. The quantitative estimate of drug-likeness (QED) is 0.494. The highest BCUT2D eigenvalue weighted by atomic mass is 16.3. The Hall–Kier alpha value is -1.73. The molecule has 4 rings (SSSR count). The molecule has 7 nitrogen and oxygen atoms in total. The van der Waals surface area contributed by atoms with Gasteiger partial charge in [0.1, 0.15) is 11.6 Å². The van der Waals surface area contributed by atoms with Crippen LogP contribution in [0.2, 0.25) is 0 Å². The normalized spacial score (nSPS) is 27.5. The predicted octanol–water partition coefficient (Wildman–Crippen LogP) is 5.03. The molecule has 214 valence electrons. The van der Waals surface area contributed by atoms with Gasteiger partial charge in [-0.15, -0.1) is 0 Å². The summed E-state index contributed by atoms with van der Waals surface area (Å²) >= 11 is 0. The molecule has 2 N–H and O–H groups in total. The van der Waals surface area contributed by atoms with Gasteiger partial charge in [0.05, 0.1) is 6.10 Å². The summed E-state index contributed by atoms with van der Waals surface area (Å²) in [5.74, 6) is 3.91. The lowest BCUT2D eigenvalue weighted by Gasteiger charge is -2.37. The Balaban J connectivity index is 1.16. The maximum absolute atomic E-state index is 12.5. The van der Waals surface area contributed by atoms with E-state index in [0.29, 0.717) is 24.3 Å². The van der Waals surface area contributed by atoms with E-state index in [9.17, 15) is 9.90 Å². The summed E-state index contributed by atoms with van der Waals surface area (Å²) in [6.45, 7) is 16.4. The fourth-order valence-electron chi connectivity index (χ4n) is 6.30. The molecule has 1 saturated heterocycles. The van der Waals surface area contributed by atoms with Crippen LogP contribution in [0.25, 0.3) is 0 Å². The lowest BCUT2D eigenvalue weighted by Crippen LogP contribution is -2.47. The van der Waals surface area contributed by atoms with Crippen LogP contribution < -0.4 is 10.2 Å². The number of aromatic nitrogens is 2. The molecular formula is C31H53N5O2. The fourth-order valence-corrected chi connectivity index (χ4v) is 6.30. The van der Waals surface area contributed by atoms with Gasteiger partial charge in [-0.05, 0) is 82.1 Å². The summed E-state index contributed by atoms with van der Waals surface area (Å²) < 4.78 is 0. The van der Waals surface area contributed by atoms with Gasteiger partial charge in [0.2, 0.25) is 5.91 Å². The van der Waals surface area contributed by atoms with Gasteiger partial charge in [-0.25, -0.2) is 9.97 Å². The van der Waals surface area contributed by atoms with Crippen LogP contribution in [0.4, 0.5) is 5.82 Å². The van der Waals surface area contributed by atoms with Crippen LogP contribution >= 0.6 is 0 Å². The van der Waals surface area contributed by atoms with Crippen molar-refractivity contribution in [3.05, 3.63) is 17.6 Å². The summed E-state index contributed by atoms with van der Waals surface area (Å²) in [5.41, 5.74) is 1.09. The average Bonchev–Trinajstić information content (AvgIpc) is 2.89. The lowest BCUT2D eigenvalue weighted by molar-refractivity contribution is -0.123. The monoisotopic (exact) mass is 527 g/mol. The van der Waals surface area contributed by atoms with Crippen LogP contribution in [0.15, 0.2) is 6.07 Å². The molecule has 2 saturated carbocycles. The lowest BCUT2D eigenvalue weighted by atomic mass is 9.83. The van der Waals surface area contributed by atoms with E-state index in [1.807, 2.05) is 0 Å². The van der Waals surface area contributed by atoms with E-state index in [-0.39, 0.29) is 17.4 Å². The van der Waals surface area contributed by atoms with Gasteiger partial charge in [-0.1, -0.05) is 34.6 Å². The number of aliphatic hydroxyl groups excluding tert-OH is 1. The van der Waals surface area contributed by atoms with Gasteiger partial charge in [-0.3, -0.25) is 9.69 Å². The van der Waals surface area contributed by atoms with E-state index in [0.717, 1.165) is 88.0 Å². The molecule has 1 amide bonds. The third-order valence-corrected chi connectivity index (χ3v) is 9.05. The molecular weight excluding hydrogens is 474 g/mol. The second kappa shape index (κ2) is 13.1. The van der Waals surface area contributed by atoms with E-state index in [1.54, 1.807) is 0 Å². The number of amides is 1. The van der Waals surface area contributed by atoms with Crippen molar-refractivity contribution < 1.29 is 9.90 Å². The molecule has 0 aromatic carbocycles. The van der Waals surface area contributed by atoms with Gasteiger partial charge < -0.3 is 15.3 Å².